The molecule has 3 aliphatic heterocycles. The number of aliphatic imine (C=N–C) groups is 1. The van der Waals surface area contributed by atoms with E-state index in [9.17, 15) is 13.0 Å². The van der Waals surface area contributed by atoms with Crippen molar-refractivity contribution in [1.82, 2.24) is 15.3 Å². The number of hydrogen-bond acceptors (Lipinski definition) is 8. The van der Waals surface area contributed by atoms with E-state index in [0.29, 0.717) is 19.3 Å². The minimum Gasteiger partial charge on any atom is -0.358 e. The summed E-state index contributed by atoms with van der Waals surface area (Å²) in [5.74, 6) is 0. The van der Waals surface area contributed by atoms with Gasteiger partial charge in [-0.25, -0.2) is 5.26 Å². The topological polar surface area (TPSA) is 149 Å². The van der Waals surface area contributed by atoms with Crippen LogP contribution in [0.15, 0.2) is 171 Å². The summed E-state index contributed by atoms with van der Waals surface area (Å²) in [4.78, 5) is 13.4. The molecule has 0 spiro atoms. The summed E-state index contributed by atoms with van der Waals surface area (Å²) in [6.07, 6.45) is 4.16. The molecule has 0 saturated carbocycles. The Hall–Kier alpha value is -5.99. The summed E-state index contributed by atoms with van der Waals surface area (Å²) < 4.78 is 38.5. The van der Waals surface area contributed by atoms with Crippen LogP contribution in [0, 0.1) is 0 Å². The van der Waals surface area contributed by atoms with Crippen LogP contribution in [-0.4, -0.2) is 33.9 Å². The number of allylic oxidation sites excluding steroid dienone is 3. The fraction of sp³-hybridized carbons (Fsp3) is 0.0682. The summed E-state index contributed by atoms with van der Waals surface area (Å²) in [7, 11) is -4.39. The van der Waals surface area contributed by atoms with Crippen molar-refractivity contribution in [3.05, 3.63) is 201 Å². The monoisotopic (exact) mass is 778 g/mol. The summed E-state index contributed by atoms with van der Waals surface area (Å²) in [6, 6.07) is 43.0. The second-order valence-corrected chi connectivity index (χ2v) is 15.7. The zero-order valence-electron chi connectivity index (χ0n) is 29.7. The highest BCUT2D eigenvalue weighted by atomic mass is 32.2. The molecule has 278 valence electrons. The average molecular weight is 779 g/mol. The number of aromatic nitrogens is 2. The molecule has 0 unspecified atom stereocenters. The van der Waals surface area contributed by atoms with Gasteiger partial charge in [0.2, 0.25) is 0 Å². The van der Waals surface area contributed by atoms with Crippen molar-refractivity contribution in [2.24, 2.45) is 4.99 Å². The van der Waals surface area contributed by atoms with Crippen LogP contribution in [0.4, 0.5) is 0 Å². The number of fused-ring (bicyclic) bond motifs is 7. The standard InChI is InChI=1S/C44H34N4O6S2/c49-53-54-55-31-15-11-29(12-16-31)43-37-23-21-35(46-37)41(27-7-3-1-4-8-27)33-19-20-34(45-33)42(28-9-5-2-6-10-28)36-22-24-39(47-36)44(40-26-25-38(43)48-40)30-13-17-32(18-14-30)56(50,51)52/h1-18,20-24,45-47,49H,19,25-26H2,(H,50,51,52). The molecule has 3 aliphatic rings. The van der Waals surface area contributed by atoms with Crippen molar-refractivity contribution < 1.29 is 27.6 Å². The van der Waals surface area contributed by atoms with Crippen molar-refractivity contribution in [2.75, 3.05) is 0 Å². The Morgan fingerprint density at radius 2 is 1.21 bits per heavy atom. The van der Waals surface area contributed by atoms with Crippen LogP contribution < -0.4 is 16.0 Å². The van der Waals surface area contributed by atoms with Gasteiger partial charge in [0.25, 0.3) is 10.1 Å². The first-order chi connectivity index (χ1) is 27.3. The summed E-state index contributed by atoms with van der Waals surface area (Å²) in [5.41, 5.74) is 13.2. The maximum Gasteiger partial charge on any atom is 0.294 e. The van der Waals surface area contributed by atoms with E-state index in [-0.39, 0.29) is 4.90 Å². The first kappa shape index (κ1) is 35.7. The highest BCUT2D eigenvalue weighted by Crippen LogP contribution is 2.38. The molecule has 0 saturated heterocycles. The van der Waals surface area contributed by atoms with Crippen LogP contribution >= 0.6 is 12.0 Å². The van der Waals surface area contributed by atoms with Gasteiger partial charge in [-0.05, 0) is 83.6 Å². The van der Waals surface area contributed by atoms with E-state index < -0.39 is 10.1 Å². The zero-order valence-corrected chi connectivity index (χ0v) is 31.3. The van der Waals surface area contributed by atoms with E-state index in [0.717, 1.165) is 106 Å². The molecular weight excluding hydrogens is 745 g/mol. The van der Waals surface area contributed by atoms with Gasteiger partial charge >= 0.3 is 0 Å². The molecule has 12 heteroatoms. The normalized spacial score (nSPS) is 15.6. The smallest absolute Gasteiger partial charge is 0.294 e. The molecule has 10 nitrogen and oxygen atoms in total. The fourth-order valence-electron chi connectivity index (χ4n) is 7.68. The second kappa shape index (κ2) is 14.9. The molecular formula is C44H34N4O6S2. The predicted octanol–water partition coefficient (Wildman–Crippen LogP) is 7.76. The molecule has 0 radical (unpaired) electrons. The summed E-state index contributed by atoms with van der Waals surface area (Å²) in [6.45, 7) is 0. The van der Waals surface area contributed by atoms with Crippen molar-refractivity contribution in [3.63, 3.8) is 0 Å². The lowest BCUT2D eigenvalue weighted by atomic mass is 9.97. The van der Waals surface area contributed by atoms with Crippen LogP contribution in [-0.2, 0) is 19.5 Å². The Morgan fingerprint density at radius 3 is 1.88 bits per heavy atom. The Labute approximate surface area is 326 Å². The lowest BCUT2D eigenvalue weighted by Crippen LogP contribution is -2.22. The van der Waals surface area contributed by atoms with Crippen molar-refractivity contribution in [1.29, 1.82) is 0 Å². The van der Waals surface area contributed by atoms with Crippen molar-refractivity contribution in [2.45, 2.75) is 29.1 Å². The molecule has 5 N–H and O–H groups in total. The van der Waals surface area contributed by atoms with E-state index in [1.54, 1.807) is 12.1 Å². The number of rotatable bonds is 8. The van der Waals surface area contributed by atoms with E-state index in [1.165, 1.54) is 12.1 Å². The van der Waals surface area contributed by atoms with Crippen LogP contribution in [0.25, 0.3) is 22.3 Å². The molecule has 56 heavy (non-hydrogen) atoms. The Balaban J connectivity index is 1.34. The molecule has 0 aliphatic carbocycles. The number of nitrogens with one attached hydrogen (secondary N) is 3. The van der Waals surface area contributed by atoms with E-state index in [1.807, 2.05) is 54.6 Å². The van der Waals surface area contributed by atoms with Gasteiger partial charge in [-0.3, -0.25) is 9.55 Å². The Bertz CT molecular complexity index is 2840. The largest absolute Gasteiger partial charge is 0.358 e. The highest BCUT2D eigenvalue weighted by Gasteiger charge is 2.26. The van der Waals surface area contributed by atoms with Gasteiger partial charge in [0.15, 0.2) is 0 Å². The maximum atomic E-state index is 12.0. The van der Waals surface area contributed by atoms with Crippen molar-refractivity contribution in [3.8, 4) is 0 Å². The molecule has 6 aromatic rings. The van der Waals surface area contributed by atoms with Gasteiger partial charge in [0, 0.05) is 67.1 Å². The van der Waals surface area contributed by atoms with Gasteiger partial charge in [-0.2, -0.15) is 8.42 Å². The average Bonchev–Trinajstić information content (AvgIpc) is 4.06. The quantitative estimate of drug-likeness (QED) is 0.0456. The molecule has 4 aromatic carbocycles. The molecule has 0 atom stereocenters. The lowest BCUT2D eigenvalue weighted by Gasteiger charge is -2.16. The van der Waals surface area contributed by atoms with Crippen LogP contribution in [0.1, 0.15) is 52.9 Å². The highest BCUT2D eigenvalue weighted by molar-refractivity contribution is 7.94. The molecule has 2 aromatic heterocycles. The minimum atomic E-state index is -4.39. The number of H-pyrrole nitrogens is 2. The van der Waals surface area contributed by atoms with Gasteiger partial charge in [0.1, 0.15) is 0 Å². The third-order valence-corrected chi connectivity index (χ3v) is 11.6. The van der Waals surface area contributed by atoms with E-state index in [4.69, 9.17) is 10.2 Å². The first-order valence-corrected chi connectivity index (χ1v) is 20.1. The van der Waals surface area contributed by atoms with Gasteiger partial charge < -0.3 is 15.3 Å². The van der Waals surface area contributed by atoms with E-state index in [2.05, 4.69) is 85.3 Å². The molecule has 0 fully saturated rings. The summed E-state index contributed by atoms with van der Waals surface area (Å²) in [5, 5.41) is 18.0. The minimum absolute atomic E-state index is 0.184. The number of benzene rings is 4. The first-order valence-electron chi connectivity index (χ1n) is 17.9. The third kappa shape index (κ3) is 6.90. The second-order valence-electron chi connectivity index (χ2n) is 13.5. The van der Waals surface area contributed by atoms with Gasteiger partial charge in [-0.1, -0.05) is 96.0 Å². The number of hydrogen-bond donors (Lipinski definition) is 5. The number of aromatic amines is 2. The van der Waals surface area contributed by atoms with Crippen molar-refractivity contribution >= 4 is 50.2 Å². The van der Waals surface area contributed by atoms with Crippen LogP contribution in [0.5, 0.6) is 0 Å². The van der Waals surface area contributed by atoms with Crippen LogP contribution in [0.2, 0.25) is 0 Å². The fourth-order valence-corrected chi connectivity index (χ4v) is 8.52. The third-order valence-electron chi connectivity index (χ3n) is 10.1. The molecule has 5 heterocycles. The number of nitrogens with zero attached hydrogens (tertiary/aromatic N) is 1. The van der Waals surface area contributed by atoms with E-state index >= 15 is 0 Å². The Morgan fingerprint density at radius 1 is 0.625 bits per heavy atom. The molecule has 8 bridgehead atoms. The molecule has 0 amide bonds. The predicted molar refractivity (Wildman–Crippen MR) is 217 cm³/mol. The zero-order chi connectivity index (χ0) is 38.2. The van der Waals surface area contributed by atoms with Crippen LogP contribution in [0.3, 0.4) is 0 Å². The summed E-state index contributed by atoms with van der Waals surface area (Å²) >= 11 is 0.891. The maximum absolute atomic E-state index is 12.0. The van der Waals surface area contributed by atoms with Gasteiger partial charge in [0.05, 0.1) is 28.3 Å². The lowest BCUT2D eigenvalue weighted by molar-refractivity contribution is -0.432. The SMILES string of the molecule is O=S(=O)(O)c1ccc(C2=c3ccc([nH]3)=C(c3ccccc3)C3=CCC(=C(c4ccccc4)c4ccc([nH]4)C(c4ccc(SOOO)cc4)=C4CCC2=N4)N3)cc1. The Kier molecular flexibility index (Phi) is 9.51. The molecule has 9 rings (SSSR count). The van der Waals surface area contributed by atoms with Gasteiger partial charge in [-0.15, -0.1) is 4.33 Å².